The van der Waals surface area contributed by atoms with Gasteiger partial charge in [0.15, 0.2) is 11.5 Å². The molecule has 1 spiro atoms. The van der Waals surface area contributed by atoms with Crippen molar-refractivity contribution < 1.29 is 42.7 Å². The highest BCUT2D eigenvalue weighted by atomic mass is 19.1. The maximum Gasteiger partial charge on any atom is 0.325 e. The first kappa shape index (κ1) is 55.8. The van der Waals surface area contributed by atoms with E-state index >= 15 is 4.39 Å². The van der Waals surface area contributed by atoms with Crippen molar-refractivity contribution in [2.24, 2.45) is 18.2 Å². The molecule has 6 aromatic rings. The third kappa shape index (κ3) is 12.5. The van der Waals surface area contributed by atoms with E-state index in [1.165, 1.54) is 37.1 Å². The first-order chi connectivity index (χ1) is 39.0. The summed E-state index contributed by atoms with van der Waals surface area (Å²) in [5.41, 5.74) is 10.6. The van der Waals surface area contributed by atoms with Gasteiger partial charge in [0.1, 0.15) is 24.7 Å². The van der Waals surface area contributed by atoms with Gasteiger partial charge < -0.3 is 46.0 Å². The van der Waals surface area contributed by atoms with Crippen LogP contribution in [-0.2, 0) is 47.1 Å². The molecule has 1 aliphatic carbocycles. The number of piperidine rings is 2. The highest BCUT2D eigenvalue weighted by Crippen LogP contribution is 2.57. The van der Waals surface area contributed by atoms with Crippen molar-refractivity contribution in [2.75, 3.05) is 83.3 Å². The minimum absolute atomic E-state index is 0.0390. The molecule has 426 valence electrons. The van der Waals surface area contributed by atoms with Gasteiger partial charge in [-0.1, -0.05) is 24.3 Å². The molecule has 1 saturated carbocycles. The molecule has 3 aromatic heterocycles. The van der Waals surface area contributed by atoms with E-state index in [0.717, 1.165) is 50.0 Å². The average molecular weight is 1110 g/mol. The van der Waals surface area contributed by atoms with Crippen LogP contribution in [0.3, 0.4) is 0 Å². The van der Waals surface area contributed by atoms with E-state index in [1.807, 2.05) is 29.2 Å². The van der Waals surface area contributed by atoms with E-state index in [4.69, 9.17) is 15.8 Å². The number of aryl methyl sites for hydroxylation is 1. The molecule has 22 nitrogen and oxygen atoms in total. The smallest absolute Gasteiger partial charge is 0.325 e. The van der Waals surface area contributed by atoms with Gasteiger partial charge in [0, 0.05) is 113 Å². The summed E-state index contributed by atoms with van der Waals surface area (Å²) in [6.45, 7) is 3.63. The first-order valence-corrected chi connectivity index (χ1v) is 27.8. The van der Waals surface area contributed by atoms with Crippen molar-refractivity contribution in [3.05, 3.63) is 89.8 Å². The zero-order chi connectivity index (χ0) is 57.0. The molecule has 10 rings (SSSR count). The second-order valence-corrected chi connectivity index (χ2v) is 22.1. The van der Waals surface area contributed by atoms with E-state index in [-0.39, 0.29) is 73.1 Å². The molecule has 6 heterocycles. The van der Waals surface area contributed by atoms with Crippen molar-refractivity contribution in [1.82, 2.24) is 54.9 Å². The Bertz CT molecular complexity index is 3370. The monoisotopic (exact) mass is 1110 g/mol. The Morgan fingerprint density at radius 2 is 1.57 bits per heavy atom. The van der Waals surface area contributed by atoms with Gasteiger partial charge in [-0.3, -0.25) is 42.9 Å². The standard InChI is InChI=1S/C58H69FN14O8/c1-68(32-48(75)62-31-52(79)81-3)51(78)33-73-44-10-7-9-41(42-26-45-38(25-43(42)59)29-64-69(45)2)53(44)54(67-73)39-27-58(28-39)34-72(35-58)50(77)17-16-47(74)61-20-8-11-49(76)71-23-18-37(19-24-71)36-12-14-40(15-13-36)65-57-55(56(60)80)63-30-46(66-57)70-21-5-4-6-22-70/h7,9-10,12-15,25-26,29-30,37,39H,4-6,8,11,16-24,27-28,31-35H2,1-3H3,(H2,60,80)(H,61,74)(H,62,75)(H,65,66). The number of rotatable bonds is 20. The summed E-state index contributed by atoms with van der Waals surface area (Å²) in [5, 5.41) is 19.2. The number of methoxy groups -OCH3 is 1. The number of ether oxygens (including phenoxy) is 1. The number of esters is 1. The number of benzene rings is 3. The quantitative estimate of drug-likeness (QED) is 0.0586. The molecular weight excluding hydrogens is 1040 g/mol. The molecular formula is C58H69FN14O8. The van der Waals surface area contributed by atoms with Crippen LogP contribution in [0, 0.1) is 11.2 Å². The van der Waals surface area contributed by atoms with Crippen molar-refractivity contribution in [1.29, 1.82) is 0 Å². The number of likely N-dealkylation sites (tertiary alicyclic amines) is 2. The number of nitrogens with zero attached hydrogens (tertiary/aromatic N) is 10. The minimum atomic E-state index is -0.653. The molecule has 0 bridgehead atoms. The predicted octanol–water partition coefficient (Wildman–Crippen LogP) is 4.89. The van der Waals surface area contributed by atoms with Crippen LogP contribution in [-0.4, -0.2) is 159 Å². The topological polar surface area (TPSA) is 265 Å². The molecule has 5 N–H and O–H groups in total. The van der Waals surface area contributed by atoms with Crippen molar-refractivity contribution >= 4 is 80.5 Å². The van der Waals surface area contributed by atoms with Crippen LogP contribution in [0.4, 0.5) is 21.7 Å². The fourth-order valence-electron chi connectivity index (χ4n) is 11.9. The number of likely N-dealkylation sites (N-methyl/N-ethyl adjacent to an activating group) is 1. The largest absolute Gasteiger partial charge is 0.468 e. The molecule has 4 fully saturated rings. The summed E-state index contributed by atoms with van der Waals surface area (Å²) in [6, 6.07) is 16.7. The van der Waals surface area contributed by atoms with Gasteiger partial charge in [0.2, 0.25) is 29.5 Å². The van der Waals surface area contributed by atoms with E-state index in [2.05, 4.69) is 47.8 Å². The Morgan fingerprint density at radius 1 is 0.827 bits per heavy atom. The second-order valence-electron chi connectivity index (χ2n) is 22.1. The molecule has 23 heteroatoms. The summed E-state index contributed by atoms with van der Waals surface area (Å²) >= 11 is 0. The lowest BCUT2D eigenvalue weighted by molar-refractivity contribution is -0.152. The summed E-state index contributed by atoms with van der Waals surface area (Å²) in [5.74, 6) is -1.66. The van der Waals surface area contributed by atoms with Crippen LogP contribution in [0.2, 0.25) is 0 Å². The first-order valence-electron chi connectivity index (χ1n) is 27.8. The van der Waals surface area contributed by atoms with Crippen LogP contribution < -0.4 is 26.6 Å². The molecule has 3 aromatic carbocycles. The molecule has 81 heavy (non-hydrogen) atoms. The molecule has 0 radical (unpaired) electrons. The molecule has 6 amide bonds. The zero-order valence-corrected chi connectivity index (χ0v) is 46.0. The highest BCUT2D eigenvalue weighted by Gasteiger charge is 2.55. The van der Waals surface area contributed by atoms with Crippen LogP contribution in [0.15, 0.2) is 67.0 Å². The Hall–Kier alpha value is -8.50. The number of nitrogens with one attached hydrogen (secondary N) is 3. The lowest BCUT2D eigenvalue weighted by Gasteiger charge is -2.59. The summed E-state index contributed by atoms with van der Waals surface area (Å²) in [7, 11) is 4.49. The van der Waals surface area contributed by atoms with Crippen molar-refractivity contribution in [3.8, 4) is 11.1 Å². The zero-order valence-electron chi connectivity index (χ0n) is 46.0. The van der Waals surface area contributed by atoms with Gasteiger partial charge in [-0.2, -0.15) is 10.2 Å². The number of carbonyl (C=O) groups excluding carboxylic acids is 7. The van der Waals surface area contributed by atoms with Gasteiger partial charge in [0.05, 0.1) is 42.8 Å². The van der Waals surface area contributed by atoms with E-state index in [0.29, 0.717) is 103 Å². The number of primary amides is 1. The number of fused-ring (bicyclic) bond motifs is 2. The van der Waals surface area contributed by atoms with E-state index in [1.54, 1.807) is 45.8 Å². The third-order valence-corrected chi connectivity index (χ3v) is 16.5. The molecule has 0 unspecified atom stereocenters. The third-order valence-electron chi connectivity index (χ3n) is 16.5. The lowest BCUT2D eigenvalue weighted by Crippen LogP contribution is -2.63. The molecule has 4 aliphatic rings. The Morgan fingerprint density at radius 3 is 2.30 bits per heavy atom. The summed E-state index contributed by atoms with van der Waals surface area (Å²) in [6.07, 6.45) is 10.5. The summed E-state index contributed by atoms with van der Waals surface area (Å²) < 4.78 is 23.9. The Balaban J connectivity index is 0.667. The fourth-order valence-corrected chi connectivity index (χ4v) is 11.9. The van der Waals surface area contributed by atoms with Crippen molar-refractivity contribution in [3.63, 3.8) is 0 Å². The van der Waals surface area contributed by atoms with E-state index in [9.17, 15) is 33.6 Å². The number of aromatic nitrogens is 6. The molecule has 3 saturated heterocycles. The Labute approximate surface area is 467 Å². The maximum absolute atomic E-state index is 16.0. The number of nitrogens with two attached hydrogens (primary N) is 1. The van der Waals surface area contributed by atoms with Gasteiger partial charge in [-0.25, -0.2) is 14.4 Å². The molecule has 3 aliphatic heterocycles. The fraction of sp³-hybridized carbons (Fsp3) is 0.466. The SMILES string of the molecule is COC(=O)CNC(=O)CN(C)C(=O)Cn1nc(C2CC3(C2)CN(C(=O)CCC(=O)NCCCC(=O)N2CCC(c4ccc(Nc5nc(N6CCCCC6)cnc5C(N)=O)cc4)CC2)C3)c2c(-c3cc4c(cnn4C)cc3F)cccc21. The predicted molar refractivity (Wildman–Crippen MR) is 299 cm³/mol. The summed E-state index contributed by atoms with van der Waals surface area (Å²) in [4.78, 5) is 105. The van der Waals surface area contributed by atoms with Gasteiger partial charge in [0.25, 0.3) is 5.91 Å². The molecule has 0 atom stereocenters. The van der Waals surface area contributed by atoms with Crippen molar-refractivity contribution in [2.45, 2.75) is 89.0 Å². The number of halogens is 1. The van der Waals surface area contributed by atoms with Crippen LogP contribution in [0.1, 0.15) is 104 Å². The van der Waals surface area contributed by atoms with Gasteiger partial charge in [-0.15, -0.1) is 0 Å². The van der Waals surface area contributed by atoms with Crippen LogP contribution in [0.25, 0.3) is 32.9 Å². The minimum Gasteiger partial charge on any atom is -0.468 e. The van der Waals surface area contributed by atoms with Gasteiger partial charge >= 0.3 is 5.97 Å². The normalized spacial score (nSPS) is 16.2. The number of amides is 6. The van der Waals surface area contributed by atoms with Crippen LogP contribution in [0.5, 0.6) is 0 Å². The van der Waals surface area contributed by atoms with Gasteiger partial charge in [-0.05, 0) is 98.7 Å². The number of carbonyl (C=O) groups is 7. The lowest BCUT2D eigenvalue weighted by atomic mass is 9.56. The number of anilines is 3. The van der Waals surface area contributed by atoms with Crippen LogP contribution >= 0.6 is 0 Å². The maximum atomic E-state index is 16.0. The number of hydrogen-bond donors (Lipinski definition) is 4. The average Bonchev–Trinajstić information content (AvgIpc) is 3.86. The number of hydrogen-bond acceptors (Lipinski definition) is 14. The highest BCUT2D eigenvalue weighted by molar-refractivity contribution is 6.00. The Kier molecular flexibility index (Phi) is 16.6. The van der Waals surface area contributed by atoms with E-state index < -0.39 is 29.5 Å². The second kappa shape index (κ2) is 24.1.